The van der Waals surface area contributed by atoms with E-state index in [1.807, 2.05) is 26.0 Å². The van der Waals surface area contributed by atoms with Crippen LogP contribution in [0.1, 0.15) is 51.6 Å². The summed E-state index contributed by atoms with van der Waals surface area (Å²) < 4.78 is 5.26. The van der Waals surface area contributed by atoms with Crippen LogP contribution in [0, 0.1) is 5.92 Å². The summed E-state index contributed by atoms with van der Waals surface area (Å²) in [6.45, 7) is 7.90. The fraction of sp³-hybridized carbons (Fsp3) is 0.619. The van der Waals surface area contributed by atoms with Crippen molar-refractivity contribution in [1.29, 1.82) is 0 Å². The van der Waals surface area contributed by atoms with Crippen LogP contribution >= 0.6 is 0 Å². The maximum absolute atomic E-state index is 12.7. The van der Waals surface area contributed by atoms with E-state index in [0.29, 0.717) is 6.54 Å². The van der Waals surface area contributed by atoms with Crippen LogP contribution in [0.5, 0.6) is 5.75 Å². The molecule has 1 aromatic carbocycles. The Labute approximate surface area is 162 Å². The number of methoxy groups -OCH3 is 1. The van der Waals surface area contributed by atoms with Gasteiger partial charge in [0, 0.05) is 13.5 Å². The molecule has 2 rings (SSSR count). The van der Waals surface area contributed by atoms with Crippen molar-refractivity contribution in [2.24, 2.45) is 5.92 Å². The number of carbonyl (C=O) groups is 2. The SMILES string of the molecule is COc1ccc(C(CNC(=O)C(NC(C)=O)C(C)C)N2CCCCC2)cc1. The van der Waals surface area contributed by atoms with Gasteiger partial charge in [0.05, 0.1) is 13.2 Å². The van der Waals surface area contributed by atoms with Crippen LogP contribution in [-0.4, -0.2) is 49.5 Å². The number of ether oxygens (including phenoxy) is 1. The predicted molar refractivity (Wildman–Crippen MR) is 107 cm³/mol. The highest BCUT2D eigenvalue weighted by atomic mass is 16.5. The first-order chi connectivity index (χ1) is 12.9. The summed E-state index contributed by atoms with van der Waals surface area (Å²) in [5.41, 5.74) is 1.17. The number of piperidine rings is 1. The first-order valence-electron chi connectivity index (χ1n) is 9.85. The van der Waals surface area contributed by atoms with Gasteiger partial charge in [-0.05, 0) is 49.5 Å². The lowest BCUT2D eigenvalue weighted by molar-refractivity contribution is -0.129. The standard InChI is InChI=1S/C21H33N3O3/c1-15(2)20(23-16(3)25)21(26)22-14-19(24-12-6-5-7-13-24)17-8-10-18(27-4)11-9-17/h8-11,15,19-20H,5-7,12-14H2,1-4H3,(H,22,26)(H,23,25). The van der Waals surface area contributed by atoms with Gasteiger partial charge in [-0.1, -0.05) is 32.4 Å². The number of hydrogen-bond donors (Lipinski definition) is 2. The molecule has 2 amide bonds. The quantitative estimate of drug-likeness (QED) is 0.732. The normalized spacial score (nSPS) is 17.2. The minimum Gasteiger partial charge on any atom is -0.497 e. The molecule has 0 radical (unpaired) electrons. The van der Waals surface area contributed by atoms with Crippen LogP contribution in [0.4, 0.5) is 0 Å². The van der Waals surface area contributed by atoms with Gasteiger partial charge in [0.2, 0.25) is 11.8 Å². The highest BCUT2D eigenvalue weighted by molar-refractivity contribution is 5.87. The molecule has 6 nitrogen and oxygen atoms in total. The van der Waals surface area contributed by atoms with E-state index >= 15 is 0 Å². The van der Waals surface area contributed by atoms with E-state index < -0.39 is 6.04 Å². The number of rotatable bonds is 8. The molecule has 1 aromatic rings. The third-order valence-corrected chi connectivity index (χ3v) is 5.11. The Bertz CT molecular complexity index is 610. The molecule has 6 heteroatoms. The van der Waals surface area contributed by atoms with Crippen molar-refractivity contribution in [3.63, 3.8) is 0 Å². The number of nitrogens with zero attached hydrogens (tertiary/aromatic N) is 1. The van der Waals surface area contributed by atoms with Crippen molar-refractivity contribution in [2.45, 2.75) is 52.1 Å². The Morgan fingerprint density at radius 1 is 1.11 bits per heavy atom. The Morgan fingerprint density at radius 2 is 1.74 bits per heavy atom. The highest BCUT2D eigenvalue weighted by Gasteiger charge is 2.26. The molecule has 150 valence electrons. The Hall–Kier alpha value is -2.08. The summed E-state index contributed by atoms with van der Waals surface area (Å²) in [6, 6.07) is 7.66. The monoisotopic (exact) mass is 375 g/mol. The van der Waals surface area contributed by atoms with E-state index in [1.165, 1.54) is 31.7 Å². The molecule has 0 saturated carbocycles. The van der Waals surface area contributed by atoms with Crippen molar-refractivity contribution in [1.82, 2.24) is 15.5 Å². The molecular weight excluding hydrogens is 342 g/mol. The second-order valence-corrected chi connectivity index (χ2v) is 7.55. The number of benzene rings is 1. The molecule has 1 saturated heterocycles. The second kappa shape index (κ2) is 10.3. The molecule has 2 atom stereocenters. The van der Waals surface area contributed by atoms with Gasteiger partial charge in [0.25, 0.3) is 0 Å². The fourth-order valence-corrected chi connectivity index (χ4v) is 3.58. The van der Waals surface area contributed by atoms with Crippen molar-refractivity contribution in [2.75, 3.05) is 26.7 Å². The molecule has 1 fully saturated rings. The molecule has 0 spiro atoms. The lowest BCUT2D eigenvalue weighted by atomic mass is 10.00. The first-order valence-corrected chi connectivity index (χ1v) is 9.85. The molecule has 2 N–H and O–H groups in total. The van der Waals surface area contributed by atoms with Crippen molar-refractivity contribution in [3.05, 3.63) is 29.8 Å². The summed E-state index contributed by atoms with van der Waals surface area (Å²) in [5.74, 6) is 0.538. The number of amides is 2. The molecule has 1 aliphatic rings. The van der Waals surface area contributed by atoms with E-state index in [4.69, 9.17) is 4.74 Å². The van der Waals surface area contributed by atoms with Crippen molar-refractivity contribution < 1.29 is 14.3 Å². The zero-order valence-corrected chi connectivity index (χ0v) is 17.0. The van der Waals surface area contributed by atoms with Gasteiger partial charge >= 0.3 is 0 Å². The molecule has 0 bridgehead atoms. The van der Waals surface area contributed by atoms with Gasteiger partial charge in [-0.25, -0.2) is 0 Å². The smallest absolute Gasteiger partial charge is 0.242 e. The molecule has 27 heavy (non-hydrogen) atoms. The van der Waals surface area contributed by atoms with Gasteiger partial charge in [-0.2, -0.15) is 0 Å². The maximum atomic E-state index is 12.7. The largest absolute Gasteiger partial charge is 0.497 e. The maximum Gasteiger partial charge on any atom is 0.242 e. The van der Waals surface area contributed by atoms with Gasteiger partial charge in [0.1, 0.15) is 11.8 Å². The number of nitrogens with one attached hydrogen (secondary N) is 2. The van der Waals surface area contributed by atoms with Crippen LogP contribution in [0.3, 0.4) is 0 Å². The summed E-state index contributed by atoms with van der Waals surface area (Å²) in [4.78, 5) is 26.5. The summed E-state index contributed by atoms with van der Waals surface area (Å²) >= 11 is 0. The van der Waals surface area contributed by atoms with Gasteiger partial charge < -0.3 is 15.4 Å². The summed E-state index contributed by atoms with van der Waals surface area (Å²) in [6.07, 6.45) is 3.62. The van der Waals surface area contributed by atoms with Gasteiger partial charge in [-0.3, -0.25) is 14.5 Å². The average molecular weight is 376 g/mol. The lowest BCUT2D eigenvalue weighted by Gasteiger charge is -2.35. The van der Waals surface area contributed by atoms with Crippen molar-refractivity contribution in [3.8, 4) is 5.75 Å². The third-order valence-electron chi connectivity index (χ3n) is 5.11. The van der Waals surface area contributed by atoms with E-state index in [2.05, 4.69) is 27.7 Å². The fourth-order valence-electron chi connectivity index (χ4n) is 3.58. The minimum absolute atomic E-state index is 0.0309. The Balaban J connectivity index is 2.10. The average Bonchev–Trinajstić information content (AvgIpc) is 2.67. The number of hydrogen-bond acceptors (Lipinski definition) is 4. The van der Waals surface area contributed by atoms with Crippen LogP contribution in [0.25, 0.3) is 0 Å². The first kappa shape index (κ1) is 21.2. The Morgan fingerprint density at radius 3 is 2.26 bits per heavy atom. The molecule has 2 unspecified atom stereocenters. The van der Waals surface area contributed by atoms with Gasteiger partial charge in [-0.15, -0.1) is 0 Å². The minimum atomic E-state index is -0.514. The summed E-state index contributed by atoms with van der Waals surface area (Å²) in [7, 11) is 1.66. The Kier molecular flexibility index (Phi) is 8.10. The zero-order valence-electron chi connectivity index (χ0n) is 17.0. The number of carbonyl (C=O) groups excluding carboxylic acids is 2. The predicted octanol–water partition coefficient (Wildman–Crippen LogP) is 2.50. The molecule has 1 heterocycles. The highest BCUT2D eigenvalue weighted by Crippen LogP contribution is 2.26. The van der Waals surface area contributed by atoms with E-state index in [1.54, 1.807) is 7.11 Å². The van der Waals surface area contributed by atoms with E-state index in [-0.39, 0.29) is 23.8 Å². The van der Waals surface area contributed by atoms with E-state index in [9.17, 15) is 9.59 Å². The second-order valence-electron chi connectivity index (χ2n) is 7.55. The topological polar surface area (TPSA) is 70.7 Å². The lowest BCUT2D eigenvalue weighted by Crippen LogP contribution is -2.51. The van der Waals surface area contributed by atoms with Crippen LogP contribution in [-0.2, 0) is 9.59 Å². The third kappa shape index (κ3) is 6.24. The molecule has 0 aromatic heterocycles. The van der Waals surface area contributed by atoms with Crippen molar-refractivity contribution >= 4 is 11.8 Å². The summed E-state index contributed by atoms with van der Waals surface area (Å²) in [5, 5.41) is 5.82. The van der Waals surface area contributed by atoms with Crippen LogP contribution < -0.4 is 15.4 Å². The molecular formula is C21H33N3O3. The van der Waals surface area contributed by atoms with Gasteiger partial charge in [0.15, 0.2) is 0 Å². The van der Waals surface area contributed by atoms with E-state index in [0.717, 1.165) is 18.8 Å². The molecule has 1 aliphatic heterocycles. The van der Waals surface area contributed by atoms with Crippen LogP contribution in [0.15, 0.2) is 24.3 Å². The van der Waals surface area contributed by atoms with Crippen LogP contribution in [0.2, 0.25) is 0 Å². The zero-order chi connectivity index (χ0) is 19.8. The molecule has 0 aliphatic carbocycles. The number of likely N-dealkylation sites (tertiary alicyclic amines) is 1.